The van der Waals surface area contributed by atoms with Gasteiger partial charge in [-0.15, -0.1) is 0 Å². The summed E-state index contributed by atoms with van der Waals surface area (Å²) < 4.78 is 44.1. The Bertz CT molecular complexity index is 519. The number of halogens is 3. The van der Waals surface area contributed by atoms with Crippen LogP contribution in [0.2, 0.25) is 0 Å². The monoisotopic (exact) mass is 242 g/mol. The molecule has 0 saturated heterocycles. The van der Waals surface area contributed by atoms with Crippen LogP contribution >= 0.6 is 0 Å². The van der Waals surface area contributed by atoms with Gasteiger partial charge in [0.05, 0.1) is 18.0 Å². The van der Waals surface area contributed by atoms with Crippen LogP contribution in [-0.2, 0) is 13.2 Å². The van der Waals surface area contributed by atoms with Crippen LogP contribution in [0.4, 0.5) is 13.2 Å². The molecule has 0 bridgehead atoms. The van der Waals surface area contributed by atoms with E-state index in [-0.39, 0.29) is 5.75 Å². The Labute approximate surface area is 95.4 Å². The third-order valence-corrected chi connectivity index (χ3v) is 2.08. The number of aromatic nitrogens is 2. The van der Waals surface area contributed by atoms with Crippen molar-refractivity contribution in [1.82, 2.24) is 9.78 Å². The molecular weight excluding hydrogens is 233 g/mol. The summed E-state index contributed by atoms with van der Waals surface area (Å²) in [7, 11) is 1.69. The average molecular weight is 242 g/mol. The molecule has 0 atom stereocenters. The van der Waals surface area contributed by atoms with Gasteiger partial charge in [0.15, 0.2) is 5.75 Å². The molecule has 2 rings (SSSR count). The van der Waals surface area contributed by atoms with Crippen LogP contribution in [-0.4, -0.2) is 9.78 Å². The fourth-order valence-electron chi connectivity index (χ4n) is 1.32. The number of rotatable bonds is 2. The Hall–Kier alpha value is -1.98. The van der Waals surface area contributed by atoms with Crippen molar-refractivity contribution in [3.05, 3.63) is 42.2 Å². The lowest BCUT2D eigenvalue weighted by Gasteiger charge is -2.08. The van der Waals surface area contributed by atoms with Gasteiger partial charge in [-0.1, -0.05) is 6.07 Å². The zero-order valence-corrected chi connectivity index (χ0v) is 8.90. The van der Waals surface area contributed by atoms with Crippen LogP contribution < -0.4 is 4.74 Å². The standard InChI is InChI=1S/C11H9F3N2O/c1-16-7-10(6-15-16)17-9-4-2-3-8(5-9)11(12,13)14/h2-7H,1H3. The number of alkyl halides is 3. The van der Waals surface area contributed by atoms with Crippen molar-refractivity contribution >= 4 is 0 Å². The van der Waals surface area contributed by atoms with E-state index < -0.39 is 11.7 Å². The molecule has 0 spiro atoms. The van der Waals surface area contributed by atoms with Crippen molar-refractivity contribution in [2.24, 2.45) is 7.05 Å². The molecule has 1 heterocycles. The topological polar surface area (TPSA) is 27.1 Å². The second-order valence-corrected chi connectivity index (χ2v) is 3.48. The van der Waals surface area contributed by atoms with Crippen LogP contribution in [0.3, 0.4) is 0 Å². The van der Waals surface area contributed by atoms with Gasteiger partial charge in [-0.3, -0.25) is 4.68 Å². The number of hydrogen-bond donors (Lipinski definition) is 0. The molecule has 0 aliphatic heterocycles. The summed E-state index contributed by atoms with van der Waals surface area (Å²) in [5.41, 5.74) is -0.737. The van der Waals surface area contributed by atoms with E-state index in [1.165, 1.54) is 23.0 Å². The minimum absolute atomic E-state index is 0.132. The minimum Gasteiger partial charge on any atom is -0.454 e. The quantitative estimate of drug-likeness (QED) is 0.808. The lowest BCUT2D eigenvalue weighted by Crippen LogP contribution is -2.04. The van der Waals surface area contributed by atoms with E-state index in [1.807, 2.05) is 0 Å². The lowest BCUT2D eigenvalue weighted by atomic mass is 10.2. The first kappa shape index (κ1) is 11.5. The SMILES string of the molecule is Cn1cc(Oc2cccc(C(F)(F)F)c2)cn1. The molecule has 0 N–H and O–H groups in total. The maximum absolute atomic E-state index is 12.4. The molecule has 0 saturated carbocycles. The average Bonchev–Trinajstić information content (AvgIpc) is 2.63. The predicted octanol–water partition coefficient (Wildman–Crippen LogP) is 3.23. The van der Waals surface area contributed by atoms with Crippen molar-refractivity contribution in [1.29, 1.82) is 0 Å². The molecule has 0 fully saturated rings. The van der Waals surface area contributed by atoms with Gasteiger partial charge >= 0.3 is 6.18 Å². The number of ether oxygens (including phenoxy) is 1. The molecule has 0 amide bonds. The van der Waals surface area contributed by atoms with Crippen molar-refractivity contribution in [3.63, 3.8) is 0 Å². The van der Waals surface area contributed by atoms with E-state index in [0.717, 1.165) is 12.1 Å². The second-order valence-electron chi connectivity index (χ2n) is 3.48. The van der Waals surface area contributed by atoms with E-state index in [0.29, 0.717) is 5.75 Å². The molecule has 0 aliphatic carbocycles. The Kier molecular flexibility index (Phi) is 2.79. The fraction of sp³-hybridized carbons (Fsp3) is 0.182. The second kappa shape index (κ2) is 4.12. The van der Waals surface area contributed by atoms with Crippen LogP contribution in [0.25, 0.3) is 0 Å². The van der Waals surface area contributed by atoms with Gasteiger partial charge in [0.25, 0.3) is 0 Å². The third-order valence-electron chi connectivity index (χ3n) is 2.08. The number of nitrogens with zero attached hydrogens (tertiary/aromatic N) is 2. The van der Waals surface area contributed by atoms with E-state index in [4.69, 9.17) is 4.74 Å². The molecule has 3 nitrogen and oxygen atoms in total. The summed E-state index contributed by atoms with van der Waals surface area (Å²) in [5.74, 6) is 0.527. The van der Waals surface area contributed by atoms with Gasteiger partial charge in [0.1, 0.15) is 5.75 Å². The number of hydrogen-bond acceptors (Lipinski definition) is 2. The highest BCUT2D eigenvalue weighted by molar-refractivity contribution is 5.33. The van der Waals surface area contributed by atoms with E-state index >= 15 is 0 Å². The number of benzene rings is 1. The van der Waals surface area contributed by atoms with Crippen LogP contribution in [0.1, 0.15) is 5.56 Å². The summed E-state index contributed by atoms with van der Waals surface area (Å²) in [5, 5.41) is 3.85. The molecule has 0 aliphatic rings. The number of aryl methyl sites for hydroxylation is 1. The fourth-order valence-corrected chi connectivity index (χ4v) is 1.32. The maximum atomic E-state index is 12.4. The Morgan fingerprint density at radius 3 is 2.59 bits per heavy atom. The molecule has 90 valence electrons. The lowest BCUT2D eigenvalue weighted by molar-refractivity contribution is -0.137. The highest BCUT2D eigenvalue weighted by Crippen LogP contribution is 2.32. The third kappa shape index (κ3) is 2.77. The van der Waals surface area contributed by atoms with Gasteiger partial charge in [-0.05, 0) is 18.2 Å². The summed E-state index contributed by atoms with van der Waals surface area (Å²) in [6.45, 7) is 0. The maximum Gasteiger partial charge on any atom is 0.416 e. The van der Waals surface area contributed by atoms with Gasteiger partial charge in [-0.2, -0.15) is 18.3 Å². The first-order valence-electron chi connectivity index (χ1n) is 4.79. The Morgan fingerprint density at radius 2 is 2.00 bits per heavy atom. The van der Waals surface area contributed by atoms with Crippen molar-refractivity contribution in [3.8, 4) is 11.5 Å². The summed E-state index contributed by atoms with van der Waals surface area (Å²) >= 11 is 0. The Morgan fingerprint density at radius 1 is 1.24 bits per heavy atom. The molecule has 0 unspecified atom stereocenters. The van der Waals surface area contributed by atoms with Gasteiger partial charge < -0.3 is 4.74 Å². The van der Waals surface area contributed by atoms with Gasteiger partial charge in [0, 0.05) is 7.05 Å². The zero-order valence-electron chi connectivity index (χ0n) is 8.90. The summed E-state index contributed by atoms with van der Waals surface area (Å²) in [6.07, 6.45) is -1.37. The molecule has 0 radical (unpaired) electrons. The molecule has 6 heteroatoms. The zero-order chi connectivity index (χ0) is 12.5. The molecule has 1 aromatic heterocycles. The highest BCUT2D eigenvalue weighted by Gasteiger charge is 2.30. The van der Waals surface area contributed by atoms with Gasteiger partial charge in [0.2, 0.25) is 0 Å². The summed E-state index contributed by atoms with van der Waals surface area (Å²) in [4.78, 5) is 0. The summed E-state index contributed by atoms with van der Waals surface area (Å²) in [6, 6.07) is 4.71. The highest BCUT2D eigenvalue weighted by atomic mass is 19.4. The van der Waals surface area contributed by atoms with E-state index in [9.17, 15) is 13.2 Å². The first-order chi connectivity index (χ1) is 7.95. The van der Waals surface area contributed by atoms with Crippen molar-refractivity contribution < 1.29 is 17.9 Å². The first-order valence-corrected chi connectivity index (χ1v) is 4.79. The molecular formula is C11H9F3N2O. The Balaban J connectivity index is 2.22. The molecule has 17 heavy (non-hydrogen) atoms. The van der Waals surface area contributed by atoms with Crippen molar-refractivity contribution in [2.75, 3.05) is 0 Å². The van der Waals surface area contributed by atoms with E-state index in [2.05, 4.69) is 5.10 Å². The van der Waals surface area contributed by atoms with E-state index in [1.54, 1.807) is 13.2 Å². The van der Waals surface area contributed by atoms with Crippen LogP contribution in [0.15, 0.2) is 36.7 Å². The predicted molar refractivity (Wildman–Crippen MR) is 54.7 cm³/mol. The minimum atomic E-state index is -4.37. The van der Waals surface area contributed by atoms with Crippen molar-refractivity contribution in [2.45, 2.75) is 6.18 Å². The normalized spacial score (nSPS) is 11.5. The molecule has 1 aromatic carbocycles. The van der Waals surface area contributed by atoms with Crippen LogP contribution in [0, 0.1) is 0 Å². The molecule has 2 aromatic rings. The van der Waals surface area contributed by atoms with Crippen LogP contribution in [0.5, 0.6) is 11.5 Å². The smallest absolute Gasteiger partial charge is 0.416 e. The van der Waals surface area contributed by atoms with Gasteiger partial charge in [-0.25, -0.2) is 0 Å². The largest absolute Gasteiger partial charge is 0.454 e.